The van der Waals surface area contributed by atoms with Crippen molar-refractivity contribution in [1.82, 2.24) is 15.3 Å². The lowest BCUT2D eigenvalue weighted by Crippen LogP contribution is -2.24. The fourth-order valence-corrected chi connectivity index (χ4v) is 1.53. The van der Waals surface area contributed by atoms with Crippen LogP contribution in [-0.4, -0.2) is 22.5 Å². The second kappa shape index (κ2) is 6.44. The molecule has 1 aromatic heterocycles. The zero-order chi connectivity index (χ0) is 13.5. The van der Waals surface area contributed by atoms with Crippen LogP contribution in [0.1, 0.15) is 12.1 Å². The Morgan fingerprint density at radius 1 is 1.42 bits per heavy atom. The van der Waals surface area contributed by atoms with E-state index in [-0.39, 0.29) is 12.3 Å². The van der Waals surface area contributed by atoms with E-state index in [1.54, 1.807) is 24.7 Å². The Labute approximate surface area is 111 Å². The Balaban J connectivity index is 1.68. The molecule has 0 saturated heterocycles. The third-order valence-electron chi connectivity index (χ3n) is 2.54. The molecule has 0 aliphatic rings. The number of anilines is 1. The number of para-hydroxylation sites is 2. The SMILES string of the molecule is Nc1ccccc1OCCC(=O)NCc1cnc[nH]1. The lowest BCUT2D eigenvalue weighted by Gasteiger charge is -2.08. The standard InChI is InChI=1S/C13H16N4O2/c14-11-3-1-2-4-12(11)19-6-5-13(18)16-8-10-7-15-9-17-10/h1-4,7,9H,5-6,8,14H2,(H,15,17)(H,16,18). The number of H-pyrrole nitrogens is 1. The van der Waals surface area contributed by atoms with Crippen molar-refractivity contribution in [1.29, 1.82) is 0 Å². The second-order valence-electron chi connectivity index (χ2n) is 3.99. The van der Waals surface area contributed by atoms with Gasteiger partial charge in [0.15, 0.2) is 0 Å². The van der Waals surface area contributed by atoms with Crippen LogP contribution in [0, 0.1) is 0 Å². The number of benzene rings is 1. The average Bonchev–Trinajstić information content (AvgIpc) is 2.92. The molecule has 0 fully saturated rings. The number of nitrogens with zero attached hydrogens (tertiary/aromatic N) is 1. The number of ether oxygens (including phenoxy) is 1. The molecule has 1 aromatic carbocycles. The highest BCUT2D eigenvalue weighted by molar-refractivity contribution is 5.75. The van der Waals surface area contributed by atoms with Gasteiger partial charge in [0.25, 0.3) is 0 Å². The first-order chi connectivity index (χ1) is 9.25. The van der Waals surface area contributed by atoms with Crippen LogP contribution in [-0.2, 0) is 11.3 Å². The number of carbonyl (C=O) groups excluding carboxylic acids is 1. The highest BCUT2D eigenvalue weighted by Crippen LogP contribution is 2.19. The number of rotatable bonds is 6. The Bertz CT molecular complexity index is 525. The van der Waals surface area contributed by atoms with Gasteiger partial charge in [0.2, 0.25) is 5.91 Å². The molecule has 19 heavy (non-hydrogen) atoms. The van der Waals surface area contributed by atoms with Crippen molar-refractivity contribution in [3.05, 3.63) is 42.5 Å². The quantitative estimate of drug-likeness (QED) is 0.677. The molecule has 1 heterocycles. The van der Waals surface area contributed by atoms with Crippen molar-refractivity contribution >= 4 is 11.6 Å². The third kappa shape index (κ3) is 4.02. The number of aromatic nitrogens is 2. The maximum Gasteiger partial charge on any atom is 0.223 e. The van der Waals surface area contributed by atoms with E-state index in [0.717, 1.165) is 5.69 Å². The molecule has 0 atom stereocenters. The third-order valence-corrected chi connectivity index (χ3v) is 2.54. The number of carbonyl (C=O) groups is 1. The van der Waals surface area contributed by atoms with Crippen LogP contribution in [0.3, 0.4) is 0 Å². The van der Waals surface area contributed by atoms with E-state index in [1.165, 1.54) is 0 Å². The monoisotopic (exact) mass is 260 g/mol. The normalized spacial score (nSPS) is 10.1. The molecule has 100 valence electrons. The van der Waals surface area contributed by atoms with Crippen LogP contribution >= 0.6 is 0 Å². The van der Waals surface area contributed by atoms with Crippen LogP contribution < -0.4 is 15.8 Å². The summed E-state index contributed by atoms with van der Waals surface area (Å²) < 4.78 is 5.44. The number of amides is 1. The van der Waals surface area contributed by atoms with Gasteiger partial charge in [-0.15, -0.1) is 0 Å². The zero-order valence-corrected chi connectivity index (χ0v) is 10.4. The Kier molecular flexibility index (Phi) is 4.39. The van der Waals surface area contributed by atoms with Gasteiger partial charge in [-0.2, -0.15) is 0 Å². The van der Waals surface area contributed by atoms with Crippen molar-refractivity contribution in [3.8, 4) is 5.75 Å². The lowest BCUT2D eigenvalue weighted by molar-refractivity contribution is -0.121. The molecule has 0 radical (unpaired) electrons. The number of imidazole rings is 1. The predicted molar refractivity (Wildman–Crippen MR) is 71.4 cm³/mol. The number of hydrogen-bond donors (Lipinski definition) is 3. The number of nitrogens with one attached hydrogen (secondary N) is 2. The topological polar surface area (TPSA) is 93.0 Å². The highest BCUT2D eigenvalue weighted by Gasteiger charge is 2.04. The van der Waals surface area contributed by atoms with Crippen LogP contribution in [0.15, 0.2) is 36.8 Å². The molecule has 0 aliphatic heterocycles. The summed E-state index contributed by atoms with van der Waals surface area (Å²) in [6, 6.07) is 7.20. The van der Waals surface area contributed by atoms with Gasteiger partial charge in [0.1, 0.15) is 5.75 Å². The number of aromatic amines is 1. The molecule has 0 saturated carbocycles. The van der Waals surface area contributed by atoms with E-state index in [1.807, 2.05) is 12.1 Å². The lowest BCUT2D eigenvalue weighted by atomic mass is 10.3. The molecule has 0 spiro atoms. The maximum atomic E-state index is 11.6. The van der Waals surface area contributed by atoms with Gasteiger partial charge in [0, 0.05) is 6.20 Å². The maximum absolute atomic E-state index is 11.6. The van der Waals surface area contributed by atoms with Crippen molar-refractivity contribution in [3.63, 3.8) is 0 Å². The summed E-state index contributed by atoms with van der Waals surface area (Å²) in [7, 11) is 0. The minimum absolute atomic E-state index is 0.0795. The zero-order valence-electron chi connectivity index (χ0n) is 10.4. The van der Waals surface area contributed by atoms with E-state index in [9.17, 15) is 4.79 Å². The molecule has 0 unspecified atom stereocenters. The summed E-state index contributed by atoms with van der Waals surface area (Å²) in [5.41, 5.74) is 7.16. The minimum Gasteiger partial charge on any atom is -0.491 e. The largest absolute Gasteiger partial charge is 0.491 e. The molecule has 1 amide bonds. The molecule has 2 rings (SSSR count). The van der Waals surface area contributed by atoms with Crippen molar-refractivity contribution in [2.75, 3.05) is 12.3 Å². The van der Waals surface area contributed by atoms with Gasteiger partial charge in [0.05, 0.1) is 37.3 Å². The first-order valence-electron chi connectivity index (χ1n) is 5.97. The summed E-state index contributed by atoms with van der Waals surface area (Å²) in [6.45, 7) is 0.731. The summed E-state index contributed by atoms with van der Waals surface area (Å²) in [4.78, 5) is 18.3. The van der Waals surface area contributed by atoms with E-state index in [0.29, 0.717) is 24.6 Å². The summed E-state index contributed by atoms with van der Waals surface area (Å²) in [6.07, 6.45) is 3.52. The molecule has 0 bridgehead atoms. The van der Waals surface area contributed by atoms with Gasteiger partial charge in [-0.25, -0.2) is 4.98 Å². The number of hydrogen-bond acceptors (Lipinski definition) is 4. The molecule has 6 heteroatoms. The smallest absolute Gasteiger partial charge is 0.223 e. The van der Waals surface area contributed by atoms with Crippen LogP contribution in [0.25, 0.3) is 0 Å². The van der Waals surface area contributed by atoms with Gasteiger partial charge in [-0.1, -0.05) is 12.1 Å². The van der Waals surface area contributed by atoms with Gasteiger partial charge >= 0.3 is 0 Å². The van der Waals surface area contributed by atoms with E-state index >= 15 is 0 Å². The van der Waals surface area contributed by atoms with Crippen LogP contribution in [0.4, 0.5) is 5.69 Å². The molecule has 6 nitrogen and oxygen atoms in total. The van der Waals surface area contributed by atoms with Crippen molar-refractivity contribution < 1.29 is 9.53 Å². The van der Waals surface area contributed by atoms with Gasteiger partial charge in [-0.05, 0) is 12.1 Å². The van der Waals surface area contributed by atoms with E-state index in [4.69, 9.17) is 10.5 Å². The van der Waals surface area contributed by atoms with E-state index < -0.39 is 0 Å². The molecule has 2 aromatic rings. The van der Waals surface area contributed by atoms with Gasteiger partial charge in [-0.3, -0.25) is 4.79 Å². The first-order valence-corrected chi connectivity index (χ1v) is 5.97. The number of nitrogen functional groups attached to an aromatic ring is 1. The summed E-state index contributed by atoms with van der Waals surface area (Å²) in [5, 5.41) is 2.76. The Hall–Kier alpha value is -2.50. The average molecular weight is 260 g/mol. The molecular formula is C13H16N4O2. The first kappa shape index (κ1) is 12.9. The predicted octanol–water partition coefficient (Wildman–Crippen LogP) is 1.08. The molecule has 4 N–H and O–H groups in total. The minimum atomic E-state index is -0.0795. The van der Waals surface area contributed by atoms with E-state index in [2.05, 4.69) is 15.3 Å². The second-order valence-corrected chi connectivity index (χ2v) is 3.99. The Morgan fingerprint density at radius 3 is 3.00 bits per heavy atom. The fraction of sp³-hybridized carbons (Fsp3) is 0.231. The number of nitrogens with two attached hydrogens (primary N) is 1. The van der Waals surface area contributed by atoms with Crippen LogP contribution in [0.2, 0.25) is 0 Å². The van der Waals surface area contributed by atoms with Crippen molar-refractivity contribution in [2.45, 2.75) is 13.0 Å². The van der Waals surface area contributed by atoms with Crippen LogP contribution in [0.5, 0.6) is 5.75 Å². The molecule has 0 aliphatic carbocycles. The Morgan fingerprint density at radius 2 is 2.26 bits per heavy atom. The van der Waals surface area contributed by atoms with Gasteiger partial charge < -0.3 is 20.8 Å². The molecular weight excluding hydrogens is 244 g/mol. The fourth-order valence-electron chi connectivity index (χ4n) is 1.53. The van der Waals surface area contributed by atoms with Crippen molar-refractivity contribution in [2.24, 2.45) is 0 Å². The summed E-state index contributed by atoms with van der Waals surface area (Å²) >= 11 is 0. The highest BCUT2D eigenvalue weighted by atomic mass is 16.5. The summed E-state index contributed by atoms with van der Waals surface area (Å²) in [5.74, 6) is 0.521.